The van der Waals surface area contributed by atoms with Gasteiger partial charge in [0.25, 0.3) is 0 Å². The highest BCUT2D eigenvalue weighted by Crippen LogP contribution is 2.55. The number of rotatable bonds is 3. The molecule has 0 radical (unpaired) electrons. The van der Waals surface area contributed by atoms with Crippen molar-refractivity contribution >= 4 is 11.1 Å². The van der Waals surface area contributed by atoms with Crippen LogP contribution in [0, 0.1) is 40.9 Å². The molecule has 1 aromatic rings. The fourth-order valence-electron chi connectivity index (χ4n) is 10.8. The lowest BCUT2D eigenvalue weighted by molar-refractivity contribution is 0.310. The first-order valence-corrected chi connectivity index (χ1v) is 19.3. The van der Waals surface area contributed by atoms with Crippen molar-refractivity contribution in [3.05, 3.63) is 188 Å². The van der Waals surface area contributed by atoms with E-state index < -0.39 is 0 Å². The Kier molecular flexibility index (Phi) is 7.03. The summed E-state index contributed by atoms with van der Waals surface area (Å²) in [6.07, 6.45) is 48.5. The van der Waals surface area contributed by atoms with Crippen LogP contribution in [0.1, 0.15) is 59.3 Å². The Balaban J connectivity index is 1.02. The highest BCUT2D eigenvalue weighted by Gasteiger charge is 2.45. The van der Waals surface area contributed by atoms with Gasteiger partial charge < -0.3 is 0 Å². The molecule has 0 amide bonds. The molecular formula is C50H48. The van der Waals surface area contributed by atoms with Crippen LogP contribution in [-0.4, -0.2) is 0 Å². The van der Waals surface area contributed by atoms with Crippen molar-refractivity contribution in [2.45, 2.75) is 59.3 Å². The fraction of sp³-hybridized carbons (Fsp3) is 0.320. The van der Waals surface area contributed by atoms with Gasteiger partial charge in [0.05, 0.1) is 0 Å². The van der Waals surface area contributed by atoms with Crippen LogP contribution in [0.15, 0.2) is 178 Å². The van der Waals surface area contributed by atoms with Crippen LogP contribution in [0.2, 0.25) is 0 Å². The molecule has 50 heavy (non-hydrogen) atoms. The van der Waals surface area contributed by atoms with Gasteiger partial charge in [-0.05, 0) is 116 Å². The van der Waals surface area contributed by atoms with Crippen LogP contribution in [0.3, 0.4) is 0 Å². The zero-order chi connectivity index (χ0) is 33.6. The minimum Gasteiger partial charge on any atom is -0.0842 e. The van der Waals surface area contributed by atoms with Crippen LogP contribution in [0.4, 0.5) is 0 Å². The Bertz CT molecular complexity index is 2250. The van der Waals surface area contributed by atoms with Crippen molar-refractivity contribution in [1.82, 2.24) is 0 Å². The molecule has 0 fully saturated rings. The molecule has 0 saturated heterocycles. The Hall–Kier alpha value is -4.42. The largest absolute Gasteiger partial charge is 0.0842 e. The van der Waals surface area contributed by atoms with Gasteiger partial charge in [0.15, 0.2) is 0 Å². The molecular weight excluding hydrogens is 601 g/mol. The summed E-state index contributed by atoms with van der Waals surface area (Å²) in [5.74, 6) is 2.87. The molecule has 9 aliphatic carbocycles. The van der Waals surface area contributed by atoms with Gasteiger partial charge in [-0.3, -0.25) is 0 Å². The molecule has 1 aromatic carbocycles. The predicted octanol–water partition coefficient (Wildman–Crippen LogP) is 10.8. The molecule has 6 unspecified atom stereocenters. The number of hydrogen-bond donors (Lipinski definition) is 0. The molecule has 0 N–H and O–H groups in total. The fourth-order valence-corrected chi connectivity index (χ4v) is 10.8. The number of benzene rings is 1. The SMILES string of the molecule is CC(C)(C)C1=CC2C=CC3=CC=C(C4=CC5=C(C=C(C6=c7ccccc7=C(C7=CC=CCC7)C7C=CC=CC67)CC5)CC4)C4C=CC(=C1)C2C34. The molecule has 0 heteroatoms. The molecule has 248 valence electrons. The lowest BCUT2D eigenvalue weighted by Crippen LogP contribution is -2.40. The Morgan fingerprint density at radius 1 is 0.580 bits per heavy atom. The first-order chi connectivity index (χ1) is 24.4. The summed E-state index contributed by atoms with van der Waals surface area (Å²) in [5.41, 5.74) is 17.2. The lowest BCUT2D eigenvalue weighted by Gasteiger charge is -2.47. The monoisotopic (exact) mass is 648 g/mol. The van der Waals surface area contributed by atoms with E-state index in [9.17, 15) is 0 Å². The number of hydrogen-bond acceptors (Lipinski definition) is 0. The maximum atomic E-state index is 2.62. The van der Waals surface area contributed by atoms with Gasteiger partial charge in [-0.15, -0.1) is 0 Å². The Morgan fingerprint density at radius 2 is 1.28 bits per heavy atom. The molecule has 9 aliphatic rings. The van der Waals surface area contributed by atoms with Crippen molar-refractivity contribution in [2.24, 2.45) is 40.9 Å². The van der Waals surface area contributed by atoms with E-state index in [0.29, 0.717) is 35.5 Å². The van der Waals surface area contributed by atoms with E-state index in [4.69, 9.17) is 0 Å². The van der Waals surface area contributed by atoms with Gasteiger partial charge in [-0.2, -0.15) is 0 Å². The standard InChI is InChI=1S/C50H48/c1-50(2,3)39-29-37-21-17-32-23-25-40(45-26-24-38(30-39)46(37)49(32)45)35-20-18-34-28-36(22-19-33(34)27-35)48-43-15-9-7-13-41(43)47(31-11-5-4-6-12-31)42-14-8-10-16-44(42)48/h4-5,7-11,13-17,21,23-30,37,41,43,45-46,49H,6,12,18-20,22H2,1-3H3. The van der Waals surface area contributed by atoms with Crippen LogP contribution >= 0.6 is 0 Å². The third-order valence-corrected chi connectivity index (χ3v) is 13.2. The topological polar surface area (TPSA) is 0 Å². The third kappa shape index (κ3) is 4.78. The van der Waals surface area contributed by atoms with E-state index in [0.717, 1.165) is 38.5 Å². The van der Waals surface area contributed by atoms with Crippen LogP contribution < -0.4 is 10.4 Å². The smallest absolute Gasteiger partial charge is 0.0134 e. The maximum absolute atomic E-state index is 2.62. The minimum atomic E-state index is 0.174. The molecule has 0 spiro atoms. The summed E-state index contributed by atoms with van der Waals surface area (Å²) in [6, 6.07) is 9.30. The second-order valence-corrected chi connectivity index (χ2v) is 16.9. The molecule has 0 nitrogen and oxygen atoms in total. The van der Waals surface area contributed by atoms with Gasteiger partial charge in [0, 0.05) is 35.5 Å². The summed E-state index contributed by atoms with van der Waals surface area (Å²) in [7, 11) is 0. The highest BCUT2D eigenvalue weighted by molar-refractivity contribution is 5.81. The van der Waals surface area contributed by atoms with E-state index >= 15 is 0 Å². The summed E-state index contributed by atoms with van der Waals surface area (Å²) >= 11 is 0. The van der Waals surface area contributed by atoms with Crippen molar-refractivity contribution in [2.75, 3.05) is 0 Å². The zero-order valence-electron chi connectivity index (χ0n) is 29.8. The number of allylic oxidation sites excluding steroid dienone is 26. The van der Waals surface area contributed by atoms with E-state index in [-0.39, 0.29) is 5.41 Å². The zero-order valence-corrected chi connectivity index (χ0v) is 29.8. The average Bonchev–Trinajstić information content (AvgIpc) is 3.15. The molecule has 0 aromatic heterocycles. The second kappa shape index (κ2) is 11.6. The Labute approximate surface area is 298 Å². The summed E-state index contributed by atoms with van der Waals surface area (Å²) in [6.45, 7) is 7.05. The molecule has 10 rings (SSSR count). The van der Waals surface area contributed by atoms with E-state index in [1.807, 2.05) is 0 Å². The first-order valence-electron chi connectivity index (χ1n) is 19.3. The van der Waals surface area contributed by atoms with Crippen molar-refractivity contribution in [3.63, 3.8) is 0 Å². The van der Waals surface area contributed by atoms with Crippen molar-refractivity contribution in [3.8, 4) is 0 Å². The summed E-state index contributed by atoms with van der Waals surface area (Å²) in [4.78, 5) is 0. The quantitative estimate of drug-likeness (QED) is 0.306. The third-order valence-electron chi connectivity index (χ3n) is 13.2. The van der Waals surface area contributed by atoms with Gasteiger partial charge >= 0.3 is 0 Å². The van der Waals surface area contributed by atoms with Crippen molar-refractivity contribution in [1.29, 1.82) is 0 Å². The molecule has 0 bridgehead atoms. The molecule has 6 atom stereocenters. The van der Waals surface area contributed by atoms with Gasteiger partial charge in [-0.1, -0.05) is 148 Å². The average molecular weight is 649 g/mol. The van der Waals surface area contributed by atoms with Crippen LogP contribution in [-0.2, 0) is 0 Å². The van der Waals surface area contributed by atoms with E-state index in [1.165, 1.54) is 32.7 Å². The van der Waals surface area contributed by atoms with Crippen molar-refractivity contribution < 1.29 is 0 Å². The molecule has 0 saturated carbocycles. The summed E-state index contributed by atoms with van der Waals surface area (Å²) in [5, 5.41) is 2.91. The van der Waals surface area contributed by atoms with E-state index in [1.54, 1.807) is 39.0 Å². The molecule has 0 heterocycles. The van der Waals surface area contributed by atoms with E-state index in [2.05, 4.69) is 148 Å². The second-order valence-electron chi connectivity index (χ2n) is 16.9. The minimum absolute atomic E-state index is 0.174. The van der Waals surface area contributed by atoms with Crippen LogP contribution in [0.5, 0.6) is 0 Å². The Morgan fingerprint density at radius 3 is 2.00 bits per heavy atom. The van der Waals surface area contributed by atoms with Crippen LogP contribution in [0.25, 0.3) is 11.1 Å². The van der Waals surface area contributed by atoms with Gasteiger partial charge in [0.2, 0.25) is 0 Å². The highest BCUT2D eigenvalue weighted by atomic mass is 14.5. The van der Waals surface area contributed by atoms with Gasteiger partial charge in [-0.25, -0.2) is 0 Å². The molecule has 0 aliphatic heterocycles. The number of fused-ring (bicyclic) bond motifs is 2. The summed E-state index contributed by atoms with van der Waals surface area (Å²) < 4.78 is 0. The first kappa shape index (κ1) is 30.4. The lowest BCUT2D eigenvalue weighted by atomic mass is 9.56. The maximum Gasteiger partial charge on any atom is 0.0134 e. The normalized spacial score (nSPS) is 31.7. The van der Waals surface area contributed by atoms with Gasteiger partial charge in [0.1, 0.15) is 0 Å². The predicted molar refractivity (Wildman–Crippen MR) is 210 cm³/mol.